The van der Waals surface area contributed by atoms with Gasteiger partial charge in [0, 0.05) is 29.8 Å². The Morgan fingerprint density at radius 3 is 2.79 bits per heavy atom. The summed E-state index contributed by atoms with van der Waals surface area (Å²) in [5, 5.41) is 11.7. The van der Waals surface area contributed by atoms with Crippen molar-refractivity contribution in [3.63, 3.8) is 0 Å². The molecular formula is C12H12ClN3O2S. The van der Waals surface area contributed by atoms with Gasteiger partial charge in [-0.3, -0.25) is 4.79 Å². The maximum Gasteiger partial charge on any atom is 0.276 e. The molecule has 0 spiro atoms. The average molecular weight is 298 g/mol. The third-order valence-electron chi connectivity index (χ3n) is 2.20. The molecule has 1 heterocycles. The molecule has 19 heavy (non-hydrogen) atoms. The van der Waals surface area contributed by atoms with Gasteiger partial charge in [0.05, 0.1) is 0 Å². The molecule has 0 saturated heterocycles. The number of carbonyl (C=O) groups excluding carboxylic acids is 1. The van der Waals surface area contributed by atoms with Gasteiger partial charge in [0.15, 0.2) is 0 Å². The highest BCUT2D eigenvalue weighted by atomic mass is 35.5. The number of aromatic nitrogens is 2. The van der Waals surface area contributed by atoms with Gasteiger partial charge >= 0.3 is 0 Å². The summed E-state index contributed by atoms with van der Waals surface area (Å²) in [5.41, 5.74) is 0.825. The van der Waals surface area contributed by atoms with Gasteiger partial charge in [0.1, 0.15) is 0 Å². The Morgan fingerprint density at radius 1 is 1.37 bits per heavy atom. The summed E-state index contributed by atoms with van der Waals surface area (Å²) in [4.78, 5) is 10.7. The largest absolute Gasteiger partial charge is 0.411 e. The molecule has 0 unspecified atom stereocenters. The highest BCUT2D eigenvalue weighted by molar-refractivity contribution is 7.99. The molecule has 1 aromatic carbocycles. The Bertz CT molecular complexity index is 556. The van der Waals surface area contributed by atoms with Crippen LogP contribution in [0.4, 0.5) is 0 Å². The van der Waals surface area contributed by atoms with Crippen molar-refractivity contribution in [1.82, 2.24) is 15.5 Å². The van der Waals surface area contributed by atoms with Crippen LogP contribution in [-0.4, -0.2) is 28.4 Å². The van der Waals surface area contributed by atoms with Crippen LogP contribution in [0, 0.1) is 0 Å². The fourth-order valence-electron chi connectivity index (χ4n) is 1.34. The van der Waals surface area contributed by atoms with Gasteiger partial charge < -0.3 is 9.73 Å². The van der Waals surface area contributed by atoms with Gasteiger partial charge in [-0.25, -0.2) is 0 Å². The highest BCUT2D eigenvalue weighted by Gasteiger charge is 2.08. The molecule has 0 fully saturated rings. The molecule has 5 nitrogen and oxygen atoms in total. The minimum Gasteiger partial charge on any atom is -0.411 e. The molecule has 2 rings (SSSR count). The molecule has 0 radical (unpaired) electrons. The number of thioether (sulfide) groups is 1. The van der Waals surface area contributed by atoms with Crippen molar-refractivity contribution in [3.05, 3.63) is 29.3 Å². The topological polar surface area (TPSA) is 68.0 Å². The lowest BCUT2D eigenvalue weighted by atomic mass is 10.2. The van der Waals surface area contributed by atoms with Gasteiger partial charge in [0.2, 0.25) is 11.8 Å². The number of nitrogens with zero attached hydrogens (tertiary/aromatic N) is 2. The molecule has 0 aliphatic carbocycles. The smallest absolute Gasteiger partial charge is 0.276 e. The Hall–Kier alpha value is -1.53. The predicted molar refractivity (Wildman–Crippen MR) is 74.2 cm³/mol. The molecule has 0 aliphatic heterocycles. The average Bonchev–Trinajstić information content (AvgIpc) is 2.84. The van der Waals surface area contributed by atoms with Gasteiger partial charge in [-0.05, 0) is 24.3 Å². The second kappa shape index (κ2) is 6.58. The van der Waals surface area contributed by atoms with E-state index >= 15 is 0 Å². The van der Waals surface area contributed by atoms with Crippen LogP contribution in [0.15, 0.2) is 33.9 Å². The van der Waals surface area contributed by atoms with E-state index in [0.717, 1.165) is 5.56 Å². The summed E-state index contributed by atoms with van der Waals surface area (Å²) in [6.45, 7) is 2.05. The van der Waals surface area contributed by atoms with E-state index in [-0.39, 0.29) is 5.91 Å². The zero-order valence-corrected chi connectivity index (χ0v) is 11.8. The van der Waals surface area contributed by atoms with E-state index < -0.39 is 0 Å². The van der Waals surface area contributed by atoms with Gasteiger partial charge in [-0.1, -0.05) is 23.4 Å². The molecule has 7 heteroatoms. The number of halogens is 1. The molecule has 100 valence electrons. The van der Waals surface area contributed by atoms with Crippen molar-refractivity contribution in [3.8, 4) is 11.5 Å². The molecule has 0 atom stereocenters. The Balaban J connectivity index is 1.91. The van der Waals surface area contributed by atoms with E-state index in [1.807, 2.05) is 12.1 Å². The molecule has 0 bridgehead atoms. The number of amides is 1. The van der Waals surface area contributed by atoms with Crippen molar-refractivity contribution in [2.75, 3.05) is 12.3 Å². The van der Waals surface area contributed by atoms with Crippen LogP contribution in [0.5, 0.6) is 0 Å². The monoisotopic (exact) mass is 297 g/mol. The standard InChI is InChI=1S/C12H12ClN3O2S/c1-8(17)14-6-7-19-12-16-15-11(18-12)9-2-4-10(13)5-3-9/h2-5H,6-7H2,1H3,(H,14,17). The fraction of sp³-hybridized carbons (Fsp3) is 0.250. The van der Waals surface area contributed by atoms with Gasteiger partial charge in [-0.2, -0.15) is 0 Å². The number of nitrogens with one attached hydrogen (secondary N) is 1. The second-order valence-corrected chi connectivity index (χ2v) is 5.19. The lowest BCUT2D eigenvalue weighted by Crippen LogP contribution is -2.22. The second-order valence-electron chi connectivity index (χ2n) is 3.71. The maximum atomic E-state index is 10.7. The summed E-state index contributed by atoms with van der Waals surface area (Å²) < 4.78 is 5.50. The normalized spacial score (nSPS) is 10.4. The third-order valence-corrected chi connectivity index (χ3v) is 3.27. The Kier molecular flexibility index (Phi) is 4.81. The zero-order valence-electron chi connectivity index (χ0n) is 10.2. The predicted octanol–water partition coefficient (Wildman–Crippen LogP) is 2.62. The van der Waals surface area contributed by atoms with Crippen LogP contribution in [0.3, 0.4) is 0 Å². The lowest BCUT2D eigenvalue weighted by molar-refractivity contribution is -0.118. The number of hydrogen-bond acceptors (Lipinski definition) is 5. The van der Waals surface area contributed by atoms with E-state index in [4.69, 9.17) is 16.0 Å². The van der Waals surface area contributed by atoms with Crippen molar-refractivity contribution in [2.45, 2.75) is 12.1 Å². The van der Waals surface area contributed by atoms with Crippen LogP contribution in [0.25, 0.3) is 11.5 Å². The molecule has 1 N–H and O–H groups in total. The van der Waals surface area contributed by atoms with Gasteiger partial charge in [-0.15, -0.1) is 10.2 Å². The van der Waals surface area contributed by atoms with E-state index in [1.165, 1.54) is 18.7 Å². The maximum absolute atomic E-state index is 10.7. The highest BCUT2D eigenvalue weighted by Crippen LogP contribution is 2.23. The summed E-state index contributed by atoms with van der Waals surface area (Å²) >= 11 is 7.21. The van der Waals surface area contributed by atoms with Gasteiger partial charge in [0.25, 0.3) is 5.22 Å². The van der Waals surface area contributed by atoms with Crippen LogP contribution < -0.4 is 5.32 Å². The van der Waals surface area contributed by atoms with Crippen LogP contribution in [0.1, 0.15) is 6.92 Å². The van der Waals surface area contributed by atoms with Crippen LogP contribution >= 0.6 is 23.4 Å². The van der Waals surface area contributed by atoms with E-state index in [1.54, 1.807) is 12.1 Å². The van der Waals surface area contributed by atoms with E-state index in [9.17, 15) is 4.79 Å². The molecular weight excluding hydrogens is 286 g/mol. The van der Waals surface area contributed by atoms with Crippen LogP contribution in [0.2, 0.25) is 5.02 Å². The molecule has 0 aliphatic rings. The SMILES string of the molecule is CC(=O)NCCSc1nnc(-c2ccc(Cl)cc2)o1. The first kappa shape index (κ1) is 13.9. The first-order valence-corrected chi connectivity index (χ1v) is 6.98. The molecule has 1 amide bonds. The Morgan fingerprint density at radius 2 is 2.11 bits per heavy atom. The Labute approximate surface area is 119 Å². The summed E-state index contributed by atoms with van der Waals surface area (Å²) in [7, 11) is 0. The zero-order chi connectivity index (χ0) is 13.7. The fourth-order valence-corrected chi connectivity index (χ4v) is 2.08. The van der Waals surface area contributed by atoms with Crippen molar-refractivity contribution >= 4 is 29.3 Å². The number of carbonyl (C=O) groups is 1. The summed E-state index contributed by atoms with van der Waals surface area (Å²) in [6, 6.07) is 7.18. The lowest BCUT2D eigenvalue weighted by Gasteiger charge is -1.98. The minimum absolute atomic E-state index is 0.0482. The first-order valence-electron chi connectivity index (χ1n) is 5.62. The van der Waals surface area contributed by atoms with Crippen molar-refractivity contribution < 1.29 is 9.21 Å². The summed E-state index contributed by atoms with van der Waals surface area (Å²) in [6.07, 6.45) is 0. The molecule has 0 saturated carbocycles. The van der Waals surface area contributed by atoms with Crippen molar-refractivity contribution in [1.29, 1.82) is 0 Å². The molecule has 1 aromatic heterocycles. The van der Waals surface area contributed by atoms with E-state index in [0.29, 0.717) is 28.4 Å². The number of rotatable bonds is 5. The van der Waals surface area contributed by atoms with Crippen molar-refractivity contribution in [2.24, 2.45) is 0 Å². The minimum atomic E-state index is -0.0482. The number of benzene rings is 1. The quantitative estimate of drug-likeness (QED) is 0.679. The van der Waals surface area contributed by atoms with E-state index in [2.05, 4.69) is 15.5 Å². The molecule has 2 aromatic rings. The first-order chi connectivity index (χ1) is 9.15. The van der Waals surface area contributed by atoms with Crippen LogP contribution in [-0.2, 0) is 4.79 Å². The summed E-state index contributed by atoms with van der Waals surface area (Å²) in [5.74, 6) is 1.09. The third kappa shape index (κ3) is 4.25. The number of hydrogen-bond donors (Lipinski definition) is 1.